The van der Waals surface area contributed by atoms with Crippen LogP contribution in [0.2, 0.25) is 0 Å². The van der Waals surface area contributed by atoms with Gasteiger partial charge in [-0.2, -0.15) is 8.75 Å². The van der Waals surface area contributed by atoms with Crippen LogP contribution in [0.15, 0.2) is 24.4 Å². The van der Waals surface area contributed by atoms with Crippen molar-refractivity contribution >= 4 is 34.5 Å². The third kappa shape index (κ3) is 4.35. The molecule has 1 saturated heterocycles. The summed E-state index contributed by atoms with van der Waals surface area (Å²) >= 11 is 1.19. The fourth-order valence-electron chi connectivity index (χ4n) is 3.62. The van der Waals surface area contributed by atoms with E-state index in [4.69, 9.17) is 14.7 Å². The first-order valence-corrected chi connectivity index (χ1v) is 10.4. The van der Waals surface area contributed by atoms with E-state index in [1.807, 2.05) is 24.4 Å². The van der Waals surface area contributed by atoms with Crippen molar-refractivity contribution in [3.05, 3.63) is 30.1 Å². The van der Waals surface area contributed by atoms with Gasteiger partial charge in [0.05, 0.1) is 23.3 Å². The summed E-state index contributed by atoms with van der Waals surface area (Å²) in [6, 6.07) is 5.93. The van der Waals surface area contributed by atoms with E-state index < -0.39 is 5.97 Å². The SMILES string of the molecule is COCCCc1cnc(-c2ccc3nsnc3c2)c(N2CCC(C(=O)O)CC2)n1. The minimum absolute atomic E-state index is 0.287. The van der Waals surface area contributed by atoms with E-state index in [9.17, 15) is 9.90 Å². The highest BCUT2D eigenvalue weighted by atomic mass is 32.1. The number of nitrogens with zero attached hydrogens (tertiary/aromatic N) is 5. The number of hydrogen-bond donors (Lipinski definition) is 1. The summed E-state index contributed by atoms with van der Waals surface area (Å²) < 4.78 is 13.7. The van der Waals surface area contributed by atoms with Gasteiger partial charge in [0, 0.05) is 38.6 Å². The second kappa shape index (κ2) is 8.79. The van der Waals surface area contributed by atoms with Crippen LogP contribution in [0.1, 0.15) is 25.0 Å². The maximum Gasteiger partial charge on any atom is 0.306 e. The second-order valence-electron chi connectivity index (χ2n) is 7.20. The number of aryl methyl sites for hydroxylation is 1. The van der Waals surface area contributed by atoms with Gasteiger partial charge in [-0.05, 0) is 37.8 Å². The number of methoxy groups -OCH3 is 1. The molecule has 3 heterocycles. The number of carboxylic acid groups (broad SMARTS) is 1. The van der Waals surface area contributed by atoms with Gasteiger partial charge in [0.25, 0.3) is 0 Å². The van der Waals surface area contributed by atoms with Crippen molar-refractivity contribution in [1.29, 1.82) is 0 Å². The molecule has 1 N–H and O–H groups in total. The van der Waals surface area contributed by atoms with Crippen LogP contribution >= 0.6 is 11.7 Å². The van der Waals surface area contributed by atoms with Crippen molar-refractivity contribution in [3.8, 4) is 11.3 Å². The number of piperidine rings is 1. The summed E-state index contributed by atoms with van der Waals surface area (Å²) in [4.78, 5) is 23.1. The fraction of sp³-hybridized carbons (Fsp3) is 0.450. The van der Waals surface area contributed by atoms with Gasteiger partial charge in [-0.25, -0.2) is 4.98 Å². The van der Waals surface area contributed by atoms with Crippen molar-refractivity contribution in [2.45, 2.75) is 25.7 Å². The molecule has 1 aromatic carbocycles. The number of carbonyl (C=O) groups is 1. The molecule has 9 heteroatoms. The maximum atomic E-state index is 11.3. The summed E-state index contributed by atoms with van der Waals surface area (Å²) in [5.41, 5.74) is 4.36. The van der Waals surface area contributed by atoms with E-state index in [-0.39, 0.29) is 5.92 Å². The fourth-order valence-corrected chi connectivity index (χ4v) is 4.14. The highest BCUT2D eigenvalue weighted by Crippen LogP contribution is 2.32. The minimum Gasteiger partial charge on any atom is -0.481 e. The number of aromatic nitrogens is 4. The molecule has 4 rings (SSSR count). The van der Waals surface area contributed by atoms with E-state index in [2.05, 4.69) is 13.6 Å². The van der Waals surface area contributed by atoms with Crippen molar-refractivity contribution in [2.24, 2.45) is 5.92 Å². The van der Waals surface area contributed by atoms with Gasteiger partial charge in [-0.1, -0.05) is 6.07 Å². The standard InChI is InChI=1S/C20H23N5O3S/c1-28-10-2-3-15-12-21-18(14-4-5-16-17(11-14)24-29-23-16)19(22-15)25-8-6-13(7-9-25)20(26)27/h4-5,11-13H,2-3,6-10H2,1H3,(H,26,27). The van der Waals surface area contributed by atoms with Crippen molar-refractivity contribution in [3.63, 3.8) is 0 Å². The normalized spacial score (nSPS) is 15.1. The molecule has 29 heavy (non-hydrogen) atoms. The Bertz CT molecular complexity index is 1000. The van der Waals surface area contributed by atoms with E-state index in [0.717, 1.165) is 46.6 Å². The zero-order valence-electron chi connectivity index (χ0n) is 16.2. The summed E-state index contributed by atoms with van der Waals surface area (Å²) in [6.07, 6.45) is 4.71. The van der Waals surface area contributed by atoms with Gasteiger partial charge in [0.1, 0.15) is 16.7 Å². The van der Waals surface area contributed by atoms with E-state index in [0.29, 0.717) is 32.5 Å². The lowest BCUT2D eigenvalue weighted by atomic mass is 9.97. The van der Waals surface area contributed by atoms with E-state index >= 15 is 0 Å². The molecule has 2 aromatic heterocycles. The van der Waals surface area contributed by atoms with Crippen LogP contribution in [0.5, 0.6) is 0 Å². The largest absolute Gasteiger partial charge is 0.481 e. The molecule has 1 aliphatic rings. The lowest BCUT2D eigenvalue weighted by Gasteiger charge is -2.32. The average molecular weight is 414 g/mol. The molecule has 152 valence electrons. The first-order chi connectivity index (χ1) is 14.2. The summed E-state index contributed by atoms with van der Waals surface area (Å²) in [5, 5.41) is 9.30. The number of hydrogen-bond acceptors (Lipinski definition) is 8. The molecule has 0 aliphatic carbocycles. The topological polar surface area (TPSA) is 101 Å². The summed E-state index contributed by atoms with van der Waals surface area (Å²) in [6.45, 7) is 1.98. The molecule has 0 unspecified atom stereocenters. The van der Waals surface area contributed by atoms with Gasteiger partial charge in [0.15, 0.2) is 5.82 Å². The van der Waals surface area contributed by atoms with Crippen LogP contribution in [0, 0.1) is 5.92 Å². The lowest BCUT2D eigenvalue weighted by molar-refractivity contribution is -0.142. The zero-order valence-corrected chi connectivity index (χ0v) is 17.1. The third-order valence-electron chi connectivity index (χ3n) is 5.26. The Labute approximate surface area is 172 Å². The predicted molar refractivity (Wildman–Crippen MR) is 111 cm³/mol. The number of fused-ring (bicyclic) bond motifs is 1. The van der Waals surface area contributed by atoms with Crippen molar-refractivity contribution < 1.29 is 14.6 Å². The third-order valence-corrected chi connectivity index (χ3v) is 5.81. The first-order valence-electron chi connectivity index (χ1n) is 9.71. The highest BCUT2D eigenvalue weighted by molar-refractivity contribution is 7.00. The number of ether oxygens (including phenoxy) is 1. The van der Waals surface area contributed by atoms with Crippen LogP contribution in [0.3, 0.4) is 0 Å². The quantitative estimate of drug-likeness (QED) is 0.590. The number of rotatable bonds is 7. The molecular weight excluding hydrogens is 390 g/mol. The van der Waals surface area contributed by atoms with Gasteiger partial charge in [0.2, 0.25) is 0 Å². The summed E-state index contributed by atoms with van der Waals surface area (Å²) in [7, 11) is 1.69. The number of aliphatic carboxylic acids is 1. The Balaban J connectivity index is 1.67. The molecule has 1 fully saturated rings. The Morgan fingerprint density at radius 2 is 2.07 bits per heavy atom. The van der Waals surface area contributed by atoms with Gasteiger partial charge >= 0.3 is 5.97 Å². The van der Waals surface area contributed by atoms with E-state index in [1.54, 1.807) is 7.11 Å². The van der Waals surface area contributed by atoms with Crippen LogP contribution in [0.25, 0.3) is 22.3 Å². The maximum absolute atomic E-state index is 11.3. The number of carboxylic acids is 1. The monoisotopic (exact) mass is 413 g/mol. The van der Waals surface area contributed by atoms with E-state index in [1.165, 1.54) is 11.7 Å². The Kier molecular flexibility index (Phi) is 5.96. The Morgan fingerprint density at radius 1 is 1.28 bits per heavy atom. The lowest BCUT2D eigenvalue weighted by Crippen LogP contribution is -2.37. The zero-order chi connectivity index (χ0) is 20.2. The van der Waals surface area contributed by atoms with Gasteiger partial charge in [-0.3, -0.25) is 9.78 Å². The first kappa shape index (κ1) is 19.7. The molecule has 0 radical (unpaired) electrons. The van der Waals surface area contributed by atoms with Gasteiger partial charge < -0.3 is 14.7 Å². The Hall–Kier alpha value is -2.65. The average Bonchev–Trinajstić information content (AvgIpc) is 3.22. The van der Waals surface area contributed by atoms with Crippen LogP contribution in [-0.2, 0) is 16.0 Å². The van der Waals surface area contributed by atoms with Crippen molar-refractivity contribution in [1.82, 2.24) is 18.7 Å². The summed E-state index contributed by atoms with van der Waals surface area (Å²) in [5.74, 6) is -0.193. The van der Waals surface area contributed by atoms with Crippen LogP contribution in [-0.4, -0.2) is 56.6 Å². The predicted octanol–water partition coefficient (Wildman–Crippen LogP) is 3.03. The Morgan fingerprint density at radius 3 is 2.83 bits per heavy atom. The smallest absolute Gasteiger partial charge is 0.306 e. The molecule has 0 saturated carbocycles. The minimum atomic E-state index is -0.717. The second-order valence-corrected chi connectivity index (χ2v) is 7.73. The van der Waals surface area contributed by atoms with Gasteiger partial charge in [-0.15, -0.1) is 0 Å². The van der Waals surface area contributed by atoms with Crippen LogP contribution in [0.4, 0.5) is 5.82 Å². The number of anilines is 1. The van der Waals surface area contributed by atoms with Crippen molar-refractivity contribution in [2.75, 3.05) is 31.7 Å². The van der Waals surface area contributed by atoms with Crippen LogP contribution < -0.4 is 4.90 Å². The molecular formula is C20H23N5O3S. The number of benzene rings is 1. The molecule has 0 atom stereocenters. The molecule has 8 nitrogen and oxygen atoms in total. The molecule has 0 bridgehead atoms. The molecule has 0 spiro atoms. The molecule has 3 aromatic rings. The highest BCUT2D eigenvalue weighted by Gasteiger charge is 2.27. The molecule has 0 amide bonds. The molecule has 1 aliphatic heterocycles.